The first-order chi connectivity index (χ1) is 7.58. The lowest BCUT2D eigenvalue weighted by Crippen LogP contribution is -2.10. The van der Waals surface area contributed by atoms with Crippen LogP contribution in [0, 0.1) is 0 Å². The van der Waals surface area contributed by atoms with E-state index in [-0.39, 0.29) is 5.91 Å². The second kappa shape index (κ2) is 5.62. The number of amides is 1. The predicted molar refractivity (Wildman–Crippen MR) is 62.5 cm³/mol. The van der Waals surface area contributed by atoms with Crippen LogP contribution >= 0.6 is 11.3 Å². The molecule has 0 saturated heterocycles. The van der Waals surface area contributed by atoms with Crippen molar-refractivity contribution in [3.63, 3.8) is 0 Å². The van der Waals surface area contributed by atoms with Crippen molar-refractivity contribution in [1.29, 1.82) is 0 Å². The third-order valence-electron chi connectivity index (χ3n) is 1.77. The van der Waals surface area contributed by atoms with Crippen LogP contribution in [0.3, 0.4) is 0 Å². The largest absolute Gasteiger partial charge is 0.462 e. The van der Waals surface area contributed by atoms with Gasteiger partial charge in [0.15, 0.2) is 0 Å². The lowest BCUT2D eigenvalue weighted by Gasteiger charge is -2.03. The van der Waals surface area contributed by atoms with Crippen molar-refractivity contribution in [3.8, 4) is 0 Å². The highest BCUT2D eigenvalue weighted by atomic mass is 32.1. The number of rotatable bonds is 4. The highest BCUT2D eigenvalue weighted by Crippen LogP contribution is 2.28. The van der Waals surface area contributed by atoms with Crippen LogP contribution in [-0.2, 0) is 16.1 Å². The topological polar surface area (TPSA) is 81.4 Å². The number of nitrogens with two attached hydrogens (primary N) is 1. The predicted octanol–water partition coefficient (Wildman–Crippen LogP) is 1.34. The third kappa shape index (κ3) is 3.04. The fraction of sp³-hybridized carbons (Fsp3) is 0.400. The molecule has 0 spiro atoms. The van der Waals surface area contributed by atoms with Gasteiger partial charge in [-0.2, -0.15) is 0 Å². The molecule has 3 N–H and O–H groups in total. The third-order valence-corrected chi connectivity index (χ3v) is 2.84. The number of nitrogens with one attached hydrogen (secondary N) is 1. The highest BCUT2D eigenvalue weighted by Gasteiger charge is 2.17. The maximum Gasteiger partial charge on any atom is 0.341 e. The summed E-state index contributed by atoms with van der Waals surface area (Å²) in [5.74, 6) is -0.668. The van der Waals surface area contributed by atoms with Crippen LogP contribution in [0.25, 0.3) is 0 Å². The number of esters is 1. The average Bonchev–Trinajstić information content (AvgIpc) is 2.60. The smallest absolute Gasteiger partial charge is 0.341 e. The molecule has 0 bridgehead atoms. The van der Waals surface area contributed by atoms with E-state index in [9.17, 15) is 9.59 Å². The number of carbonyl (C=O) groups is 2. The van der Waals surface area contributed by atoms with Crippen LogP contribution in [0.5, 0.6) is 0 Å². The molecule has 1 amide bonds. The van der Waals surface area contributed by atoms with E-state index in [1.54, 1.807) is 13.0 Å². The summed E-state index contributed by atoms with van der Waals surface area (Å²) in [6, 6.07) is 1.65. The van der Waals surface area contributed by atoms with E-state index in [1.165, 1.54) is 18.3 Å². The number of ether oxygens (including phenoxy) is 1. The van der Waals surface area contributed by atoms with Crippen molar-refractivity contribution >= 4 is 28.2 Å². The van der Waals surface area contributed by atoms with Crippen molar-refractivity contribution < 1.29 is 14.3 Å². The van der Waals surface area contributed by atoms with Crippen molar-refractivity contribution in [3.05, 3.63) is 16.5 Å². The molecule has 0 aliphatic rings. The second-order valence-corrected chi connectivity index (χ2v) is 4.20. The summed E-state index contributed by atoms with van der Waals surface area (Å²) in [7, 11) is 0. The van der Waals surface area contributed by atoms with Gasteiger partial charge in [0, 0.05) is 18.3 Å². The van der Waals surface area contributed by atoms with Gasteiger partial charge in [-0.3, -0.25) is 4.79 Å². The zero-order valence-electron chi connectivity index (χ0n) is 9.20. The minimum Gasteiger partial charge on any atom is -0.462 e. The fourth-order valence-corrected chi connectivity index (χ4v) is 2.13. The lowest BCUT2D eigenvalue weighted by molar-refractivity contribution is -0.114. The molecule has 0 atom stereocenters. The van der Waals surface area contributed by atoms with Gasteiger partial charge in [0.05, 0.1) is 12.2 Å². The van der Waals surface area contributed by atoms with Crippen molar-refractivity contribution in [2.45, 2.75) is 20.4 Å². The Balaban J connectivity index is 2.99. The van der Waals surface area contributed by atoms with Crippen molar-refractivity contribution in [2.24, 2.45) is 5.73 Å². The first-order valence-electron chi connectivity index (χ1n) is 4.86. The minimum absolute atomic E-state index is 0.226. The zero-order chi connectivity index (χ0) is 12.1. The maximum absolute atomic E-state index is 11.6. The molecule has 0 aliphatic heterocycles. The van der Waals surface area contributed by atoms with Gasteiger partial charge in [-0.15, -0.1) is 11.3 Å². The van der Waals surface area contributed by atoms with E-state index in [2.05, 4.69) is 5.32 Å². The van der Waals surface area contributed by atoms with Gasteiger partial charge in [0.1, 0.15) is 5.00 Å². The van der Waals surface area contributed by atoms with Gasteiger partial charge < -0.3 is 15.8 Å². The van der Waals surface area contributed by atoms with Gasteiger partial charge in [0.25, 0.3) is 0 Å². The van der Waals surface area contributed by atoms with Crippen LogP contribution < -0.4 is 11.1 Å². The summed E-state index contributed by atoms with van der Waals surface area (Å²) in [4.78, 5) is 23.3. The van der Waals surface area contributed by atoms with E-state index < -0.39 is 5.97 Å². The zero-order valence-corrected chi connectivity index (χ0v) is 10.0. The second-order valence-electron chi connectivity index (χ2n) is 3.06. The molecule has 6 heteroatoms. The monoisotopic (exact) mass is 242 g/mol. The maximum atomic E-state index is 11.6. The Kier molecular flexibility index (Phi) is 4.45. The van der Waals surface area contributed by atoms with Gasteiger partial charge >= 0.3 is 5.97 Å². The van der Waals surface area contributed by atoms with Gasteiger partial charge in [-0.05, 0) is 13.0 Å². The van der Waals surface area contributed by atoms with Crippen LogP contribution in [0.15, 0.2) is 6.07 Å². The number of anilines is 1. The first-order valence-corrected chi connectivity index (χ1v) is 5.67. The first kappa shape index (κ1) is 12.7. The molecule has 16 heavy (non-hydrogen) atoms. The molecule has 0 fully saturated rings. The number of thiophene rings is 1. The molecular weight excluding hydrogens is 228 g/mol. The summed E-state index contributed by atoms with van der Waals surface area (Å²) in [5, 5.41) is 3.08. The highest BCUT2D eigenvalue weighted by molar-refractivity contribution is 7.16. The Labute approximate surface area is 97.6 Å². The van der Waals surface area contributed by atoms with Gasteiger partial charge in [0.2, 0.25) is 5.91 Å². The Morgan fingerprint density at radius 2 is 2.25 bits per heavy atom. The van der Waals surface area contributed by atoms with Crippen LogP contribution in [0.2, 0.25) is 0 Å². The van der Waals surface area contributed by atoms with Crippen molar-refractivity contribution in [1.82, 2.24) is 0 Å². The molecule has 0 unspecified atom stereocenters. The summed E-state index contributed by atoms with van der Waals surface area (Å²) < 4.78 is 4.88. The Hall–Kier alpha value is -1.40. The summed E-state index contributed by atoms with van der Waals surface area (Å²) in [6.45, 7) is 3.74. The Bertz CT molecular complexity index is 401. The van der Waals surface area contributed by atoms with Crippen LogP contribution in [-0.4, -0.2) is 18.5 Å². The van der Waals surface area contributed by atoms with Crippen LogP contribution in [0.4, 0.5) is 5.00 Å². The Morgan fingerprint density at radius 1 is 1.56 bits per heavy atom. The average molecular weight is 242 g/mol. The van der Waals surface area contributed by atoms with Crippen LogP contribution in [0.1, 0.15) is 29.1 Å². The van der Waals surface area contributed by atoms with E-state index in [1.807, 2.05) is 0 Å². The van der Waals surface area contributed by atoms with Gasteiger partial charge in [-0.1, -0.05) is 0 Å². The normalized spacial score (nSPS) is 9.94. The molecule has 88 valence electrons. The van der Waals surface area contributed by atoms with E-state index >= 15 is 0 Å². The SMILES string of the molecule is CCOC(=O)c1cc(CN)sc1NC(C)=O. The fourth-order valence-electron chi connectivity index (χ4n) is 1.16. The van der Waals surface area contributed by atoms with E-state index in [0.29, 0.717) is 23.7 Å². The molecule has 0 aliphatic carbocycles. The van der Waals surface area contributed by atoms with E-state index in [0.717, 1.165) is 4.88 Å². The number of hydrogen-bond donors (Lipinski definition) is 2. The minimum atomic E-state index is -0.442. The molecule has 0 saturated carbocycles. The van der Waals surface area contributed by atoms with E-state index in [4.69, 9.17) is 10.5 Å². The molecule has 0 aromatic carbocycles. The number of carbonyl (C=O) groups excluding carboxylic acids is 2. The molecule has 1 rings (SSSR count). The standard InChI is InChI=1S/C10H14N2O3S/c1-3-15-10(14)8-4-7(5-11)16-9(8)12-6(2)13/h4H,3,5,11H2,1-2H3,(H,12,13). The molecule has 0 radical (unpaired) electrons. The van der Waals surface area contributed by atoms with Crippen molar-refractivity contribution in [2.75, 3.05) is 11.9 Å². The molecular formula is C10H14N2O3S. The summed E-state index contributed by atoms with van der Waals surface area (Å²) in [6.07, 6.45) is 0. The molecule has 1 aromatic rings. The molecule has 5 nitrogen and oxygen atoms in total. The summed E-state index contributed by atoms with van der Waals surface area (Å²) >= 11 is 1.28. The molecule has 1 aromatic heterocycles. The summed E-state index contributed by atoms with van der Waals surface area (Å²) in [5.41, 5.74) is 5.85. The Morgan fingerprint density at radius 3 is 2.75 bits per heavy atom. The quantitative estimate of drug-likeness (QED) is 0.781. The lowest BCUT2D eigenvalue weighted by atomic mass is 10.3. The molecule has 1 heterocycles. The van der Waals surface area contributed by atoms with Gasteiger partial charge in [-0.25, -0.2) is 4.79 Å². The number of hydrogen-bond acceptors (Lipinski definition) is 5.